The highest BCUT2D eigenvalue weighted by Crippen LogP contribution is 2.10. The lowest BCUT2D eigenvalue weighted by atomic mass is 10.2. The molecule has 0 aliphatic carbocycles. The van der Waals surface area contributed by atoms with Gasteiger partial charge in [0.2, 0.25) is 10.0 Å². The second-order valence-corrected chi connectivity index (χ2v) is 6.17. The molecule has 0 saturated heterocycles. The Morgan fingerprint density at radius 3 is 2.89 bits per heavy atom. The molecule has 1 N–H and O–H groups in total. The summed E-state index contributed by atoms with van der Waals surface area (Å²) in [4.78, 5) is 0.100. The zero-order chi connectivity index (χ0) is 13.4. The molecule has 0 unspecified atom stereocenters. The maximum absolute atomic E-state index is 11.9. The van der Waals surface area contributed by atoms with Crippen molar-refractivity contribution in [2.45, 2.75) is 4.90 Å². The number of thioether (sulfide) groups is 1. The summed E-state index contributed by atoms with van der Waals surface area (Å²) < 4.78 is 26.2. The number of nitrogens with zero attached hydrogens (tertiary/aromatic N) is 1. The number of terminal acetylenes is 1. The maximum atomic E-state index is 11.9. The van der Waals surface area contributed by atoms with E-state index in [1.54, 1.807) is 12.1 Å². The average Bonchev–Trinajstić information content (AvgIpc) is 2.38. The minimum absolute atomic E-state index is 0.100. The van der Waals surface area contributed by atoms with Crippen molar-refractivity contribution in [2.24, 2.45) is 0 Å². The summed E-state index contributed by atoms with van der Waals surface area (Å²) in [7, 11) is -3.55. The molecule has 0 spiro atoms. The van der Waals surface area contributed by atoms with Crippen LogP contribution in [0.1, 0.15) is 5.56 Å². The fourth-order valence-corrected chi connectivity index (χ4v) is 2.91. The molecule has 0 heterocycles. The second kappa shape index (κ2) is 7.07. The molecule has 0 aliphatic heterocycles. The maximum Gasteiger partial charge on any atom is 0.240 e. The molecule has 18 heavy (non-hydrogen) atoms. The van der Waals surface area contributed by atoms with E-state index in [2.05, 4.69) is 10.6 Å². The molecule has 0 atom stereocenters. The predicted molar refractivity (Wildman–Crippen MR) is 72.5 cm³/mol. The van der Waals surface area contributed by atoms with Crippen molar-refractivity contribution in [1.29, 1.82) is 5.26 Å². The van der Waals surface area contributed by atoms with Crippen molar-refractivity contribution in [1.82, 2.24) is 4.72 Å². The Kier molecular flexibility index (Phi) is 5.73. The van der Waals surface area contributed by atoms with Crippen LogP contribution in [0.5, 0.6) is 0 Å². The molecule has 1 rings (SSSR count). The van der Waals surface area contributed by atoms with Gasteiger partial charge in [0.15, 0.2) is 0 Å². The minimum atomic E-state index is -3.55. The normalized spacial score (nSPS) is 10.6. The molecule has 6 heteroatoms. The second-order valence-electron chi connectivity index (χ2n) is 3.29. The molecular weight excluding hydrogens is 268 g/mol. The van der Waals surface area contributed by atoms with Gasteiger partial charge in [-0.1, -0.05) is 12.0 Å². The first-order valence-electron chi connectivity index (χ1n) is 5.11. The molecule has 0 bridgehead atoms. The van der Waals surface area contributed by atoms with Crippen LogP contribution >= 0.6 is 11.8 Å². The number of nitrogens with one attached hydrogen (secondary N) is 1. The van der Waals surface area contributed by atoms with Gasteiger partial charge in [-0.15, -0.1) is 18.2 Å². The zero-order valence-electron chi connectivity index (χ0n) is 9.59. The van der Waals surface area contributed by atoms with Crippen LogP contribution in [-0.2, 0) is 10.0 Å². The van der Waals surface area contributed by atoms with E-state index in [-0.39, 0.29) is 4.90 Å². The number of benzene rings is 1. The molecule has 1 aromatic rings. The third kappa shape index (κ3) is 4.42. The van der Waals surface area contributed by atoms with E-state index < -0.39 is 10.0 Å². The summed E-state index contributed by atoms with van der Waals surface area (Å²) in [5.74, 6) is 3.64. The first-order valence-corrected chi connectivity index (χ1v) is 7.75. The van der Waals surface area contributed by atoms with Crippen LogP contribution in [0.15, 0.2) is 29.2 Å². The molecular formula is C12H12N2O2S2. The van der Waals surface area contributed by atoms with Crippen LogP contribution in [-0.4, -0.2) is 26.5 Å². The third-order valence-corrected chi connectivity index (χ3v) is 4.32. The zero-order valence-corrected chi connectivity index (χ0v) is 11.2. The highest BCUT2D eigenvalue weighted by atomic mass is 32.2. The average molecular weight is 280 g/mol. The van der Waals surface area contributed by atoms with Gasteiger partial charge in [-0.25, -0.2) is 13.1 Å². The standard InChI is InChI=1S/C12H12N2O2S2/c1-2-7-17-8-6-14-18(15,16)12-5-3-4-11(9-12)10-13/h1,3-5,9,14H,6-8H2. The van der Waals surface area contributed by atoms with E-state index >= 15 is 0 Å². The summed E-state index contributed by atoms with van der Waals surface area (Å²) >= 11 is 1.48. The molecule has 0 aromatic heterocycles. The predicted octanol–water partition coefficient (Wildman–Crippen LogP) is 1.20. The molecule has 0 saturated carbocycles. The van der Waals surface area contributed by atoms with Crippen molar-refractivity contribution in [2.75, 3.05) is 18.1 Å². The smallest absolute Gasteiger partial charge is 0.210 e. The van der Waals surface area contributed by atoms with E-state index in [0.717, 1.165) is 0 Å². The van der Waals surface area contributed by atoms with Gasteiger partial charge in [0.05, 0.1) is 22.3 Å². The summed E-state index contributed by atoms with van der Waals surface area (Å²) in [6.45, 7) is 0.311. The first kappa shape index (κ1) is 14.6. The fraction of sp³-hybridized carbons (Fsp3) is 0.250. The Bertz CT molecular complexity index is 583. The molecule has 4 nitrogen and oxygen atoms in total. The van der Waals surface area contributed by atoms with E-state index in [1.165, 1.54) is 23.9 Å². The van der Waals surface area contributed by atoms with Crippen LogP contribution in [0.4, 0.5) is 0 Å². The monoisotopic (exact) mass is 280 g/mol. The van der Waals surface area contributed by atoms with Crippen molar-refractivity contribution in [3.63, 3.8) is 0 Å². The van der Waals surface area contributed by atoms with Crippen LogP contribution in [0.2, 0.25) is 0 Å². The topological polar surface area (TPSA) is 70.0 Å². The van der Waals surface area contributed by atoms with Gasteiger partial charge < -0.3 is 0 Å². The van der Waals surface area contributed by atoms with E-state index in [0.29, 0.717) is 23.6 Å². The van der Waals surface area contributed by atoms with Crippen molar-refractivity contribution >= 4 is 21.8 Å². The highest BCUT2D eigenvalue weighted by Gasteiger charge is 2.13. The lowest BCUT2D eigenvalue weighted by Crippen LogP contribution is -2.26. The largest absolute Gasteiger partial charge is 0.240 e. The van der Waals surface area contributed by atoms with Crippen molar-refractivity contribution in [3.05, 3.63) is 29.8 Å². The Hall–Kier alpha value is -1.47. The highest BCUT2D eigenvalue weighted by molar-refractivity contribution is 7.99. The van der Waals surface area contributed by atoms with Gasteiger partial charge in [-0.2, -0.15) is 5.26 Å². The van der Waals surface area contributed by atoms with Crippen molar-refractivity contribution in [3.8, 4) is 18.4 Å². The summed E-state index contributed by atoms with van der Waals surface area (Å²) in [5.41, 5.74) is 0.319. The van der Waals surface area contributed by atoms with Crippen LogP contribution in [0.3, 0.4) is 0 Å². The summed E-state index contributed by atoms with van der Waals surface area (Å²) in [5, 5.41) is 8.71. The molecule has 0 amide bonds. The molecule has 0 fully saturated rings. The Balaban J connectivity index is 2.64. The van der Waals surface area contributed by atoms with Gasteiger partial charge in [0.1, 0.15) is 0 Å². The lowest BCUT2D eigenvalue weighted by Gasteiger charge is -2.06. The van der Waals surface area contributed by atoms with Crippen LogP contribution in [0, 0.1) is 23.7 Å². The number of hydrogen-bond donors (Lipinski definition) is 1. The van der Waals surface area contributed by atoms with Gasteiger partial charge in [0, 0.05) is 12.3 Å². The third-order valence-electron chi connectivity index (χ3n) is 2.00. The fourth-order valence-electron chi connectivity index (χ4n) is 1.20. The van der Waals surface area contributed by atoms with Crippen molar-refractivity contribution < 1.29 is 8.42 Å². The van der Waals surface area contributed by atoms with Gasteiger partial charge in [-0.3, -0.25) is 0 Å². The first-order chi connectivity index (χ1) is 8.60. The Morgan fingerprint density at radius 1 is 1.44 bits per heavy atom. The van der Waals surface area contributed by atoms with Gasteiger partial charge in [0.25, 0.3) is 0 Å². The van der Waals surface area contributed by atoms with E-state index in [1.807, 2.05) is 6.07 Å². The van der Waals surface area contributed by atoms with Gasteiger partial charge >= 0.3 is 0 Å². The number of sulfonamides is 1. The lowest BCUT2D eigenvalue weighted by molar-refractivity contribution is 0.584. The van der Waals surface area contributed by atoms with E-state index in [9.17, 15) is 8.42 Å². The van der Waals surface area contributed by atoms with Crippen LogP contribution < -0.4 is 4.72 Å². The number of nitriles is 1. The Labute approximate surface area is 111 Å². The van der Waals surface area contributed by atoms with Crippen LogP contribution in [0.25, 0.3) is 0 Å². The molecule has 1 aromatic carbocycles. The summed E-state index contributed by atoms with van der Waals surface area (Å²) in [6, 6.07) is 7.80. The van der Waals surface area contributed by atoms with E-state index in [4.69, 9.17) is 11.7 Å². The molecule has 94 valence electrons. The SMILES string of the molecule is C#CCSCCNS(=O)(=O)c1cccc(C#N)c1. The molecule has 0 radical (unpaired) electrons. The molecule has 0 aliphatic rings. The Morgan fingerprint density at radius 2 is 2.22 bits per heavy atom. The number of rotatable bonds is 6. The number of hydrogen-bond acceptors (Lipinski definition) is 4. The van der Waals surface area contributed by atoms with Gasteiger partial charge in [-0.05, 0) is 18.2 Å². The summed E-state index contributed by atoms with van der Waals surface area (Å²) in [6.07, 6.45) is 5.08. The quantitative estimate of drug-likeness (QED) is 0.628. The minimum Gasteiger partial charge on any atom is -0.210 e.